The van der Waals surface area contributed by atoms with E-state index in [0.717, 1.165) is 19.3 Å². The summed E-state index contributed by atoms with van der Waals surface area (Å²) in [6.07, 6.45) is 15.9. The van der Waals surface area contributed by atoms with E-state index in [-0.39, 0.29) is 35.5 Å². The molecule has 0 aromatic rings. The molecule has 0 saturated carbocycles. The van der Waals surface area contributed by atoms with Gasteiger partial charge < -0.3 is 10.0 Å². The Morgan fingerprint density at radius 3 is 1.92 bits per heavy atom. The molecule has 1 rings (SSSR count). The number of carbonyl (C=O) groups excluding carboxylic acids is 1. The van der Waals surface area contributed by atoms with Gasteiger partial charge in [0.1, 0.15) is 6.04 Å². The number of nitrogens with zero attached hydrogens (tertiary/aromatic N) is 1. The van der Waals surface area contributed by atoms with E-state index in [1.165, 1.54) is 57.8 Å². The Morgan fingerprint density at radius 2 is 1.42 bits per heavy atom. The standard InChI is InChI=1S/C19H35NO3.Na.H/c1-2-3-4-5-6-7-8-9-10-11-12-15-18(21)20-16-13-14-17(20)19(22)23;;/h17H,2-16H2,1H3,(H,22,23);;. The number of unbranched alkanes of at least 4 members (excludes halogenated alkanes) is 10. The first-order valence-electron chi connectivity index (χ1n) is 9.69. The van der Waals surface area contributed by atoms with Crippen LogP contribution in [-0.4, -0.2) is 64.0 Å². The molecule has 24 heavy (non-hydrogen) atoms. The zero-order valence-electron chi connectivity index (χ0n) is 14.9. The number of carboxylic acids is 1. The number of hydrogen-bond donors (Lipinski definition) is 1. The summed E-state index contributed by atoms with van der Waals surface area (Å²) in [6, 6.07) is -0.574. The van der Waals surface area contributed by atoms with Crippen molar-refractivity contribution in [2.24, 2.45) is 0 Å². The third kappa shape index (κ3) is 10.0. The van der Waals surface area contributed by atoms with Crippen molar-refractivity contribution < 1.29 is 14.7 Å². The van der Waals surface area contributed by atoms with Gasteiger partial charge in [0.25, 0.3) is 0 Å². The van der Waals surface area contributed by atoms with Gasteiger partial charge in [-0.05, 0) is 19.3 Å². The third-order valence-electron chi connectivity index (χ3n) is 4.85. The predicted octanol–water partition coefficient (Wildman–Crippen LogP) is 4.11. The molecular weight excluding hydrogens is 313 g/mol. The second-order valence-electron chi connectivity index (χ2n) is 6.87. The molecule has 1 atom stereocenters. The van der Waals surface area contributed by atoms with Crippen molar-refractivity contribution in [2.45, 2.75) is 103 Å². The van der Waals surface area contributed by atoms with Crippen molar-refractivity contribution in [3.63, 3.8) is 0 Å². The molecule has 1 fully saturated rings. The Bertz CT molecular complexity index is 350. The molecule has 1 aliphatic rings. The molecule has 1 heterocycles. The Hall–Kier alpha value is -0.0600. The zero-order chi connectivity index (χ0) is 16.9. The number of aliphatic carboxylic acids is 1. The number of carbonyl (C=O) groups is 2. The summed E-state index contributed by atoms with van der Waals surface area (Å²) in [5, 5.41) is 9.10. The summed E-state index contributed by atoms with van der Waals surface area (Å²) in [4.78, 5) is 24.7. The molecule has 1 amide bonds. The molecule has 1 aliphatic heterocycles. The minimum absolute atomic E-state index is 0. The van der Waals surface area contributed by atoms with Gasteiger partial charge in [-0.25, -0.2) is 4.79 Å². The first-order chi connectivity index (χ1) is 11.2. The van der Waals surface area contributed by atoms with Crippen LogP contribution in [0.15, 0.2) is 0 Å². The van der Waals surface area contributed by atoms with E-state index >= 15 is 0 Å². The molecular formula is C19H36NNaO3. The number of amides is 1. The van der Waals surface area contributed by atoms with Crippen LogP contribution in [0.3, 0.4) is 0 Å². The monoisotopic (exact) mass is 349 g/mol. The molecule has 0 spiro atoms. The molecule has 0 aromatic carbocycles. The van der Waals surface area contributed by atoms with Gasteiger partial charge >= 0.3 is 35.5 Å². The Morgan fingerprint density at radius 1 is 0.917 bits per heavy atom. The van der Waals surface area contributed by atoms with Crippen molar-refractivity contribution in [1.82, 2.24) is 4.90 Å². The van der Waals surface area contributed by atoms with Gasteiger partial charge in [-0.1, -0.05) is 71.1 Å². The molecule has 5 heteroatoms. The summed E-state index contributed by atoms with van der Waals surface area (Å²) < 4.78 is 0. The summed E-state index contributed by atoms with van der Waals surface area (Å²) in [7, 11) is 0. The Labute approximate surface area is 170 Å². The molecule has 4 nitrogen and oxygen atoms in total. The molecule has 1 N–H and O–H groups in total. The van der Waals surface area contributed by atoms with Gasteiger partial charge in [0.2, 0.25) is 5.91 Å². The van der Waals surface area contributed by atoms with Crippen molar-refractivity contribution in [1.29, 1.82) is 0 Å². The fourth-order valence-corrected chi connectivity index (χ4v) is 3.41. The molecule has 1 unspecified atom stereocenters. The average molecular weight is 349 g/mol. The van der Waals surface area contributed by atoms with E-state index in [2.05, 4.69) is 6.92 Å². The van der Waals surface area contributed by atoms with E-state index in [9.17, 15) is 9.59 Å². The van der Waals surface area contributed by atoms with Crippen LogP contribution in [0.25, 0.3) is 0 Å². The fraction of sp³-hybridized carbons (Fsp3) is 0.895. The first kappa shape index (κ1) is 23.9. The van der Waals surface area contributed by atoms with Crippen molar-refractivity contribution in [3.05, 3.63) is 0 Å². The normalized spacial score (nSPS) is 16.9. The van der Waals surface area contributed by atoms with E-state index < -0.39 is 12.0 Å². The van der Waals surface area contributed by atoms with E-state index in [0.29, 0.717) is 19.4 Å². The molecule has 0 aromatic heterocycles. The predicted molar refractivity (Wildman–Crippen MR) is 101 cm³/mol. The van der Waals surface area contributed by atoms with Crippen LogP contribution >= 0.6 is 0 Å². The van der Waals surface area contributed by atoms with Crippen LogP contribution in [0.5, 0.6) is 0 Å². The number of likely N-dealkylation sites (tertiary alicyclic amines) is 1. The third-order valence-corrected chi connectivity index (χ3v) is 4.85. The van der Waals surface area contributed by atoms with Crippen molar-refractivity contribution in [3.8, 4) is 0 Å². The zero-order valence-corrected chi connectivity index (χ0v) is 14.9. The maximum absolute atomic E-state index is 12.1. The SMILES string of the molecule is CCCCCCCCCCCCCC(=O)N1CCCC1C(=O)O.[NaH]. The van der Waals surface area contributed by atoms with Crippen LogP contribution in [-0.2, 0) is 9.59 Å². The molecule has 136 valence electrons. The van der Waals surface area contributed by atoms with Crippen LogP contribution in [0.2, 0.25) is 0 Å². The summed E-state index contributed by atoms with van der Waals surface area (Å²) in [5.41, 5.74) is 0. The molecule has 0 aliphatic carbocycles. The molecule has 1 saturated heterocycles. The van der Waals surface area contributed by atoms with Gasteiger partial charge in [-0.15, -0.1) is 0 Å². The topological polar surface area (TPSA) is 57.6 Å². The van der Waals surface area contributed by atoms with Crippen LogP contribution in [0.4, 0.5) is 0 Å². The van der Waals surface area contributed by atoms with Gasteiger partial charge in [0, 0.05) is 13.0 Å². The second kappa shape index (κ2) is 15.2. The Balaban J connectivity index is 0.00000529. The maximum atomic E-state index is 12.1. The minimum atomic E-state index is -0.852. The van der Waals surface area contributed by atoms with E-state index in [4.69, 9.17) is 5.11 Å². The van der Waals surface area contributed by atoms with Gasteiger partial charge in [0.15, 0.2) is 0 Å². The second-order valence-corrected chi connectivity index (χ2v) is 6.87. The molecule has 0 bridgehead atoms. The average Bonchev–Trinajstić information content (AvgIpc) is 3.02. The van der Waals surface area contributed by atoms with Gasteiger partial charge in [-0.2, -0.15) is 0 Å². The van der Waals surface area contributed by atoms with Crippen LogP contribution < -0.4 is 0 Å². The van der Waals surface area contributed by atoms with E-state index in [1.807, 2.05) is 0 Å². The van der Waals surface area contributed by atoms with Crippen molar-refractivity contribution >= 4 is 41.4 Å². The van der Waals surface area contributed by atoms with Crippen molar-refractivity contribution in [2.75, 3.05) is 6.54 Å². The quantitative estimate of drug-likeness (QED) is 0.402. The van der Waals surface area contributed by atoms with Gasteiger partial charge in [0.05, 0.1) is 0 Å². The summed E-state index contributed by atoms with van der Waals surface area (Å²) in [5.74, 6) is -0.819. The van der Waals surface area contributed by atoms with Gasteiger partial charge in [-0.3, -0.25) is 4.79 Å². The summed E-state index contributed by atoms with van der Waals surface area (Å²) in [6.45, 7) is 2.87. The summed E-state index contributed by atoms with van der Waals surface area (Å²) >= 11 is 0. The number of rotatable bonds is 13. The van der Waals surface area contributed by atoms with E-state index in [1.54, 1.807) is 4.90 Å². The fourth-order valence-electron chi connectivity index (χ4n) is 3.41. The molecule has 0 radical (unpaired) electrons. The van der Waals surface area contributed by atoms with Crippen LogP contribution in [0.1, 0.15) is 96.8 Å². The Kier molecular flexibility index (Phi) is 15.2. The first-order valence-corrected chi connectivity index (χ1v) is 9.69. The van der Waals surface area contributed by atoms with Crippen LogP contribution in [0, 0.1) is 0 Å². The number of hydrogen-bond acceptors (Lipinski definition) is 2. The number of carboxylic acid groups (broad SMARTS) is 1.